The van der Waals surface area contributed by atoms with Crippen molar-refractivity contribution >= 4 is 11.9 Å². The van der Waals surface area contributed by atoms with E-state index in [0.29, 0.717) is 6.42 Å². The molecule has 4 nitrogen and oxygen atoms in total. The fourth-order valence-corrected chi connectivity index (χ4v) is 3.07. The topological polar surface area (TPSA) is 74.6 Å². The molecule has 1 fully saturated rings. The number of aliphatic carboxylic acids is 2. The first-order valence-electron chi connectivity index (χ1n) is 7.52. The van der Waals surface area contributed by atoms with Crippen molar-refractivity contribution in [3.63, 3.8) is 0 Å². The third-order valence-electron chi connectivity index (χ3n) is 4.31. The lowest BCUT2D eigenvalue weighted by molar-refractivity contribution is -0.150. The Hall–Kier alpha value is -1.06. The maximum Gasteiger partial charge on any atom is 0.309 e. The molecule has 110 valence electrons. The van der Waals surface area contributed by atoms with Gasteiger partial charge in [0.2, 0.25) is 0 Å². The number of unbranched alkanes of at least 4 members (excludes halogenated alkanes) is 3. The Morgan fingerprint density at radius 2 is 1.42 bits per heavy atom. The van der Waals surface area contributed by atoms with Gasteiger partial charge < -0.3 is 10.2 Å². The summed E-state index contributed by atoms with van der Waals surface area (Å²) in [4.78, 5) is 21.9. The predicted octanol–water partition coefficient (Wildman–Crippen LogP) is 3.84. The van der Waals surface area contributed by atoms with Crippen molar-refractivity contribution in [2.75, 3.05) is 0 Å². The van der Waals surface area contributed by atoms with Crippen LogP contribution < -0.4 is 0 Å². The first-order chi connectivity index (χ1) is 9.07. The molecule has 0 spiro atoms. The third-order valence-corrected chi connectivity index (χ3v) is 4.31. The average molecular weight is 270 g/mol. The van der Waals surface area contributed by atoms with Gasteiger partial charge in [0, 0.05) is 6.42 Å². The van der Waals surface area contributed by atoms with Gasteiger partial charge in [0.15, 0.2) is 0 Å². The molecule has 1 saturated carbocycles. The van der Waals surface area contributed by atoms with Gasteiger partial charge in [-0.3, -0.25) is 9.59 Å². The number of carboxylic acids is 2. The lowest BCUT2D eigenvalue weighted by Crippen LogP contribution is -2.30. The first kappa shape index (κ1) is 16.0. The van der Waals surface area contributed by atoms with Gasteiger partial charge in [-0.25, -0.2) is 0 Å². The van der Waals surface area contributed by atoms with Crippen LogP contribution >= 0.6 is 0 Å². The van der Waals surface area contributed by atoms with Crippen molar-refractivity contribution in [2.24, 2.45) is 5.41 Å². The number of hydrogen-bond donors (Lipinski definition) is 2. The molecule has 0 atom stereocenters. The lowest BCUT2D eigenvalue weighted by atomic mass is 9.76. The summed E-state index contributed by atoms with van der Waals surface area (Å²) in [5.74, 6) is -1.37. The number of carboxylic acid groups (broad SMARTS) is 2. The van der Waals surface area contributed by atoms with Crippen molar-refractivity contribution in [2.45, 2.75) is 77.0 Å². The molecule has 0 amide bonds. The van der Waals surface area contributed by atoms with E-state index in [1.807, 2.05) is 0 Å². The van der Waals surface area contributed by atoms with Gasteiger partial charge in [-0.15, -0.1) is 0 Å². The fourth-order valence-electron chi connectivity index (χ4n) is 3.07. The van der Waals surface area contributed by atoms with E-state index in [2.05, 4.69) is 0 Å². The number of hydrogen-bond acceptors (Lipinski definition) is 2. The van der Waals surface area contributed by atoms with Crippen molar-refractivity contribution in [1.82, 2.24) is 0 Å². The van der Waals surface area contributed by atoms with Crippen LogP contribution in [0.2, 0.25) is 0 Å². The van der Waals surface area contributed by atoms with Crippen LogP contribution in [-0.4, -0.2) is 22.2 Å². The third kappa shape index (κ3) is 5.62. The SMILES string of the molecule is O=C(O)CCCCCCC1(C(=O)O)CCCCCC1. The molecule has 0 aromatic rings. The van der Waals surface area contributed by atoms with Gasteiger partial charge in [-0.1, -0.05) is 44.9 Å². The molecule has 0 bridgehead atoms. The summed E-state index contributed by atoms with van der Waals surface area (Å²) < 4.78 is 0. The minimum Gasteiger partial charge on any atom is -0.481 e. The normalized spacial score (nSPS) is 18.7. The minimum absolute atomic E-state index is 0.226. The van der Waals surface area contributed by atoms with E-state index >= 15 is 0 Å². The Morgan fingerprint density at radius 1 is 0.842 bits per heavy atom. The van der Waals surface area contributed by atoms with Crippen LogP contribution in [0.5, 0.6) is 0 Å². The molecule has 19 heavy (non-hydrogen) atoms. The Balaban J connectivity index is 2.29. The van der Waals surface area contributed by atoms with E-state index in [1.165, 1.54) is 0 Å². The first-order valence-corrected chi connectivity index (χ1v) is 7.52. The summed E-state index contributed by atoms with van der Waals surface area (Å²) in [6.07, 6.45) is 10.5. The van der Waals surface area contributed by atoms with Gasteiger partial charge in [-0.05, 0) is 25.7 Å². The molecule has 1 aliphatic rings. The maximum absolute atomic E-state index is 11.6. The molecule has 0 aliphatic heterocycles. The van der Waals surface area contributed by atoms with Crippen LogP contribution in [0.25, 0.3) is 0 Å². The van der Waals surface area contributed by atoms with Gasteiger partial charge in [0.25, 0.3) is 0 Å². The molecule has 0 radical (unpaired) electrons. The highest BCUT2D eigenvalue weighted by Gasteiger charge is 2.37. The predicted molar refractivity (Wildman–Crippen MR) is 73.1 cm³/mol. The second-order valence-electron chi connectivity index (χ2n) is 5.81. The minimum atomic E-state index is -0.745. The zero-order valence-corrected chi connectivity index (χ0v) is 11.7. The summed E-state index contributed by atoms with van der Waals surface area (Å²) in [6.45, 7) is 0. The van der Waals surface area contributed by atoms with Gasteiger partial charge in [-0.2, -0.15) is 0 Å². The molecule has 2 N–H and O–H groups in total. The van der Waals surface area contributed by atoms with E-state index in [0.717, 1.165) is 64.2 Å². The monoisotopic (exact) mass is 270 g/mol. The smallest absolute Gasteiger partial charge is 0.309 e. The highest BCUT2D eigenvalue weighted by molar-refractivity contribution is 5.74. The van der Waals surface area contributed by atoms with E-state index < -0.39 is 17.4 Å². The number of rotatable bonds is 8. The van der Waals surface area contributed by atoms with Crippen LogP contribution in [-0.2, 0) is 9.59 Å². The Kier molecular flexibility index (Phi) is 6.89. The van der Waals surface area contributed by atoms with E-state index in [1.54, 1.807) is 0 Å². The lowest BCUT2D eigenvalue weighted by Gasteiger charge is -2.28. The zero-order chi connectivity index (χ0) is 14.1. The highest BCUT2D eigenvalue weighted by Crippen LogP contribution is 2.39. The molecule has 1 rings (SSSR count). The van der Waals surface area contributed by atoms with E-state index in [9.17, 15) is 14.7 Å². The van der Waals surface area contributed by atoms with Crippen molar-refractivity contribution in [3.05, 3.63) is 0 Å². The van der Waals surface area contributed by atoms with Gasteiger partial charge in [0.05, 0.1) is 5.41 Å². The van der Waals surface area contributed by atoms with Gasteiger partial charge >= 0.3 is 11.9 Å². The molecule has 1 aliphatic carbocycles. The molecule has 0 unspecified atom stereocenters. The zero-order valence-electron chi connectivity index (χ0n) is 11.7. The van der Waals surface area contributed by atoms with Gasteiger partial charge in [0.1, 0.15) is 0 Å². The fraction of sp³-hybridized carbons (Fsp3) is 0.867. The average Bonchev–Trinajstić information content (AvgIpc) is 2.59. The van der Waals surface area contributed by atoms with Crippen molar-refractivity contribution in [1.29, 1.82) is 0 Å². The largest absolute Gasteiger partial charge is 0.481 e. The second kappa shape index (κ2) is 8.18. The standard InChI is InChI=1S/C15H26O4/c16-13(17)9-5-1-2-6-10-15(14(18)19)11-7-3-4-8-12-15/h1-12H2,(H,16,17)(H,18,19). The maximum atomic E-state index is 11.6. The molecule has 0 heterocycles. The quantitative estimate of drug-likeness (QED) is 0.519. The van der Waals surface area contributed by atoms with Crippen LogP contribution in [0.3, 0.4) is 0 Å². The van der Waals surface area contributed by atoms with Crippen LogP contribution in [0, 0.1) is 5.41 Å². The Labute approximate surface area is 115 Å². The second-order valence-corrected chi connectivity index (χ2v) is 5.81. The molecule has 0 saturated heterocycles. The summed E-state index contributed by atoms with van der Waals surface area (Å²) in [7, 11) is 0. The van der Waals surface area contributed by atoms with Crippen LogP contribution in [0.1, 0.15) is 77.0 Å². The number of carbonyl (C=O) groups is 2. The Morgan fingerprint density at radius 3 is 1.95 bits per heavy atom. The molecular formula is C15H26O4. The molecule has 4 heteroatoms. The Bertz CT molecular complexity index is 291. The summed E-state index contributed by atoms with van der Waals surface area (Å²) in [5, 5.41) is 18.1. The summed E-state index contributed by atoms with van der Waals surface area (Å²) in [5.41, 5.74) is -0.497. The van der Waals surface area contributed by atoms with Crippen LogP contribution in [0.4, 0.5) is 0 Å². The molecule has 0 aromatic heterocycles. The van der Waals surface area contributed by atoms with Crippen molar-refractivity contribution in [3.8, 4) is 0 Å². The highest BCUT2D eigenvalue weighted by atomic mass is 16.4. The summed E-state index contributed by atoms with van der Waals surface area (Å²) in [6, 6.07) is 0. The van der Waals surface area contributed by atoms with Crippen molar-refractivity contribution < 1.29 is 19.8 Å². The molecular weight excluding hydrogens is 244 g/mol. The van der Waals surface area contributed by atoms with E-state index in [4.69, 9.17) is 5.11 Å². The molecule has 0 aromatic carbocycles. The summed E-state index contributed by atoms with van der Waals surface area (Å²) >= 11 is 0. The van der Waals surface area contributed by atoms with E-state index in [-0.39, 0.29) is 6.42 Å². The van der Waals surface area contributed by atoms with Crippen LogP contribution in [0.15, 0.2) is 0 Å².